The molecule has 0 heterocycles. The molecule has 2 aliphatic carbocycles. The minimum atomic E-state index is -0.830. The molecule has 2 saturated carbocycles. The average Bonchev–Trinajstić information content (AvgIpc) is 2.53. The smallest absolute Gasteiger partial charge is 0.407 e. The van der Waals surface area contributed by atoms with Crippen LogP contribution in [0.2, 0.25) is 0 Å². The number of rotatable bonds is 4. The maximum Gasteiger partial charge on any atom is 0.407 e. The molecule has 0 bridgehead atoms. The van der Waals surface area contributed by atoms with E-state index >= 15 is 0 Å². The summed E-state index contributed by atoms with van der Waals surface area (Å²) in [5.74, 6) is 0.420. The van der Waals surface area contributed by atoms with Gasteiger partial charge in [-0.15, -0.1) is 0 Å². The molecule has 0 spiro atoms. The Morgan fingerprint density at radius 1 is 1.08 bits per heavy atom. The van der Waals surface area contributed by atoms with Crippen LogP contribution < -0.4 is 11.1 Å². The third-order valence-corrected chi connectivity index (χ3v) is 5.45. The molecule has 2 fully saturated rings. The van der Waals surface area contributed by atoms with Gasteiger partial charge in [-0.2, -0.15) is 0 Å². The van der Waals surface area contributed by atoms with Crippen LogP contribution >= 0.6 is 0 Å². The summed E-state index contributed by atoms with van der Waals surface area (Å²) in [5, 5.41) is 12.6. The van der Waals surface area contributed by atoms with E-state index in [2.05, 4.69) is 5.32 Å². The molecule has 0 aromatic rings. The summed E-state index contributed by atoms with van der Waals surface area (Å²) >= 11 is 0. The van der Waals surface area contributed by atoms with Crippen molar-refractivity contribution < 1.29 is 19.4 Å². The highest BCUT2D eigenvalue weighted by Crippen LogP contribution is 2.28. The summed E-state index contributed by atoms with van der Waals surface area (Å²) < 4.78 is 5.30. The van der Waals surface area contributed by atoms with Gasteiger partial charge in [0.05, 0.1) is 0 Å². The molecule has 26 heavy (non-hydrogen) atoms. The van der Waals surface area contributed by atoms with Crippen LogP contribution in [0.4, 0.5) is 9.59 Å². The highest BCUT2D eigenvalue weighted by atomic mass is 16.6. The zero-order valence-electron chi connectivity index (χ0n) is 16.4. The highest BCUT2D eigenvalue weighted by molar-refractivity contribution is 5.68. The molecule has 0 aromatic carbocycles. The average molecular weight is 370 g/mol. The SMILES string of the molecule is CC(C)(C)OC(=O)NC1CCC(N(CC2CCC(N)CC2)C(=O)O)CC1. The van der Waals surface area contributed by atoms with Gasteiger partial charge >= 0.3 is 12.2 Å². The lowest BCUT2D eigenvalue weighted by Gasteiger charge is -2.38. The topological polar surface area (TPSA) is 105 Å². The first kappa shape index (κ1) is 20.8. The van der Waals surface area contributed by atoms with Crippen LogP contribution in [0.25, 0.3) is 0 Å². The number of carboxylic acid groups (broad SMARTS) is 1. The Balaban J connectivity index is 1.80. The van der Waals surface area contributed by atoms with E-state index in [1.165, 1.54) is 0 Å². The van der Waals surface area contributed by atoms with Gasteiger partial charge < -0.3 is 25.8 Å². The number of nitrogens with two attached hydrogens (primary N) is 1. The molecule has 0 unspecified atom stereocenters. The number of carbonyl (C=O) groups excluding carboxylic acids is 1. The normalized spacial score (nSPS) is 29.7. The predicted molar refractivity (Wildman–Crippen MR) is 100 cm³/mol. The van der Waals surface area contributed by atoms with Gasteiger partial charge in [-0.25, -0.2) is 9.59 Å². The lowest BCUT2D eigenvalue weighted by Crippen LogP contribution is -2.48. The molecule has 150 valence electrons. The number of carbonyl (C=O) groups is 2. The first-order valence-corrected chi connectivity index (χ1v) is 9.88. The number of nitrogens with one attached hydrogen (secondary N) is 1. The molecule has 2 aliphatic rings. The van der Waals surface area contributed by atoms with Gasteiger partial charge in [0, 0.05) is 24.7 Å². The Bertz CT molecular complexity index is 476. The largest absolute Gasteiger partial charge is 0.465 e. The number of ether oxygens (including phenoxy) is 1. The van der Waals surface area contributed by atoms with E-state index < -0.39 is 17.8 Å². The van der Waals surface area contributed by atoms with Gasteiger partial charge in [0.1, 0.15) is 5.60 Å². The van der Waals surface area contributed by atoms with Crippen LogP contribution in [0, 0.1) is 5.92 Å². The van der Waals surface area contributed by atoms with E-state index in [-0.39, 0.29) is 18.1 Å². The first-order valence-electron chi connectivity index (χ1n) is 9.88. The van der Waals surface area contributed by atoms with Gasteiger partial charge in [0.25, 0.3) is 0 Å². The Labute approximate surface area is 156 Å². The fourth-order valence-corrected chi connectivity index (χ4v) is 4.04. The van der Waals surface area contributed by atoms with E-state index in [1.54, 1.807) is 4.90 Å². The lowest BCUT2D eigenvalue weighted by atomic mass is 9.85. The number of hydrogen-bond donors (Lipinski definition) is 3. The summed E-state index contributed by atoms with van der Waals surface area (Å²) in [4.78, 5) is 25.3. The molecule has 0 aliphatic heterocycles. The van der Waals surface area contributed by atoms with Gasteiger partial charge in [-0.3, -0.25) is 0 Å². The van der Waals surface area contributed by atoms with E-state index in [0.29, 0.717) is 12.5 Å². The lowest BCUT2D eigenvalue weighted by molar-refractivity contribution is 0.0467. The maximum absolute atomic E-state index is 11.9. The molecule has 7 nitrogen and oxygen atoms in total. The molecule has 2 rings (SSSR count). The van der Waals surface area contributed by atoms with Crippen molar-refractivity contribution in [3.8, 4) is 0 Å². The van der Waals surface area contributed by atoms with E-state index in [1.807, 2.05) is 20.8 Å². The van der Waals surface area contributed by atoms with Crippen LogP contribution in [-0.4, -0.2) is 52.5 Å². The summed E-state index contributed by atoms with van der Waals surface area (Å²) in [6.07, 6.45) is 5.90. The zero-order valence-corrected chi connectivity index (χ0v) is 16.4. The number of hydrogen-bond acceptors (Lipinski definition) is 4. The fraction of sp³-hybridized carbons (Fsp3) is 0.895. The molecule has 0 atom stereocenters. The summed E-state index contributed by atoms with van der Waals surface area (Å²) in [6.45, 7) is 6.13. The molecule has 0 aromatic heterocycles. The number of alkyl carbamates (subject to hydrolysis) is 1. The standard InChI is InChI=1S/C19H35N3O4/c1-19(2,3)26-17(23)21-15-8-10-16(11-9-15)22(18(24)25)12-13-4-6-14(20)7-5-13/h13-16H,4-12,20H2,1-3H3,(H,21,23)(H,24,25). The molecular formula is C19H35N3O4. The molecule has 0 saturated heterocycles. The Hall–Kier alpha value is -1.50. The van der Waals surface area contributed by atoms with Crippen molar-refractivity contribution in [1.29, 1.82) is 0 Å². The van der Waals surface area contributed by atoms with Crippen molar-refractivity contribution in [1.82, 2.24) is 10.2 Å². The van der Waals surface area contributed by atoms with E-state index in [9.17, 15) is 14.7 Å². The second kappa shape index (κ2) is 8.93. The van der Waals surface area contributed by atoms with E-state index in [0.717, 1.165) is 51.4 Å². The molecule has 7 heteroatoms. The van der Waals surface area contributed by atoms with Crippen molar-refractivity contribution in [2.75, 3.05) is 6.54 Å². The molecule has 0 radical (unpaired) electrons. The molecule has 4 N–H and O–H groups in total. The Kier molecular flexibility index (Phi) is 7.15. The third-order valence-electron chi connectivity index (χ3n) is 5.45. The van der Waals surface area contributed by atoms with Crippen molar-refractivity contribution >= 4 is 12.2 Å². The van der Waals surface area contributed by atoms with Crippen LogP contribution in [0.15, 0.2) is 0 Å². The highest BCUT2D eigenvalue weighted by Gasteiger charge is 2.32. The third kappa shape index (κ3) is 6.67. The minimum absolute atomic E-state index is 0.0415. The zero-order chi connectivity index (χ0) is 19.3. The quantitative estimate of drug-likeness (QED) is 0.705. The summed E-state index contributed by atoms with van der Waals surface area (Å²) in [6, 6.07) is 0.378. The van der Waals surface area contributed by atoms with Gasteiger partial charge in [0.2, 0.25) is 0 Å². The van der Waals surface area contributed by atoms with Crippen molar-refractivity contribution in [3.63, 3.8) is 0 Å². The fourth-order valence-electron chi connectivity index (χ4n) is 4.04. The van der Waals surface area contributed by atoms with Crippen LogP contribution in [0.1, 0.15) is 72.1 Å². The van der Waals surface area contributed by atoms with Crippen LogP contribution in [-0.2, 0) is 4.74 Å². The van der Waals surface area contributed by atoms with Crippen molar-refractivity contribution in [2.24, 2.45) is 11.7 Å². The first-order chi connectivity index (χ1) is 12.1. The second-order valence-electron chi connectivity index (χ2n) is 8.87. The maximum atomic E-state index is 11.9. The van der Waals surface area contributed by atoms with Crippen molar-refractivity contribution in [3.05, 3.63) is 0 Å². The summed E-state index contributed by atoms with van der Waals surface area (Å²) in [7, 11) is 0. The van der Waals surface area contributed by atoms with Gasteiger partial charge in [0.15, 0.2) is 0 Å². The second-order valence-corrected chi connectivity index (χ2v) is 8.87. The summed E-state index contributed by atoms with van der Waals surface area (Å²) in [5.41, 5.74) is 5.44. The van der Waals surface area contributed by atoms with Gasteiger partial charge in [-0.05, 0) is 78.1 Å². The molecule has 2 amide bonds. The number of amides is 2. The predicted octanol–water partition coefficient (Wildman–Crippen LogP) is 3.32. The van der Waals surface area contributed by atoms with Crippen LogP contribution in [0.3, 0.4) is 0 Å². The number of nitrogens with zero attached hydrogens (tertiary/aromatic N) is 1. The monoisotopic (exact) mass is 369 g/mol. The van der Waals surface area contributed by atoms with Crippen LogP contribution in [0.5, 0.6) is 0 Å². The van der Waals surface area contributed by atoms with Crippen molar-refractivity contribution in [2.45, 2.75) is 95.9 Å². The molecular weight excluding hydrogens is 334 g/mol. The van der Waals surface area contributed by atoms with E-state index in [4.69, 9.17) is 10.5 Å². The van der Waals surface area contributed by atoms with Gasteiger partial charge in [-0.1, -0.05) is 0 Å². The Morgan fingerprint density at radius 2 is 1.65 bits per heavy atom. The minimum Gasteiger partial charge on any atom is -0.465 e. The Morgan fingerprint density at radius 3 is 2.15 bits per heavy atom.